The third-order valence-electron chi connectivity index (χ3n) is 2.63. The summed E-state index contributed by atoms with van der Waals surface area (Å²) in [5.74, 6) is -0.631. The summed E-state index contributed by atoms with van der Waals surface area (Å²) in [7, 11) is 0. The van der Waals surface area contributed by atoms with Crippen molar-refractivity contribution in [2.24, 2.45) is 0 Å². The van der Waals surface area contributed by atoms with Gasteiger partial charge in [-0.05, 0) is 0 Å². The van der Waals surface area contributed by atoms with Crippen molar-refractivity contribution in [2.45, 2.75) is 25.7 Å². The minimum Gasteiger partial charge on any atom is -0.305 e. The minimum atomic E-state index is -4.46. The highest BCUT2D eigenvalue weighted by Gasteiger charge is 2.39. The van der Waals surface area contributed by atoms with E-state index < -0.39 is 12.0 Å². The zero-order valence-corrected chi connectivity index (χ0v) is 8.91. The maximum atomic E-state index is 12.5. The number of aromatic nitrogens is 3. The van der Waals surface area contributed by atoms with Gasteiger partial charge in [0.05, 0.1) is 12.6 Å². The largest absolute Gasteiger partial charge is 0.451 e. The van der Waals surface area contributed by atoms with Crippen LogP contribution in [0.1, 0.15) is 18.1 Å². The van der Waals surface area contributed by atoms with Crippen LogP contribution in [-0.4, -0.2) is 32.8 Å². The van der Waals surface area contributed by atoms with Gasteiger partial charge in [0.25, 0.3) is 0 Å². The van der Waals surface area contributed by atoms with Gasteiger partial charge in [0.15, 0.2) is 0 Å². The zero-order chi connectivity index (χ0) is 12.5. The van der Waals surface area contributed by atoms with Crippen molar-refractivity contribution in [3.63, 3.8) is 0 Å². The third kappa shape index (κ3) is 2.39. The van der Waals surface area contributed by atoms with E-state index in [0.717, 1.165) is 4.57 Å². The molecule has 17 heavy (non-hydrogen) atoms. The average molecular weight is 245 g/mol. The zero-order valence-electron chi connectivity index (χ0n) is 8.91. The Morgan fingerprint density at radius 3 is 2.71 bits per heavy atom. The van der Waals surface area contributed by atoms with Crippen LogP contribution in [0.25, 0.3) is 0 Å². The molecule has 0 aromatic carbocycles. The monoisotopic (exact) mass is 245 g/mol. The molecule has 5 nitrogen and oxygen atoms in total. The molecule has 92 valence electrons. The molecule has 2 heterocycles. The van der Waals surface area contributed by atoms with Crippen molar-refractivity contribution in [1.29, 1.82) is 5.26 Å². The van der Waals surface area contributed by atoms with Gasteiger partial charge in [0, 0.05) is 26.1 Å². The molecule has 0 fully saturated rings. The number of hydrogen-bond acceptors (Lipinski definition) is 4. The Labute approximate surface area is 95.5 Å². The summed E-state index contributed by atoms with van der Waals surface area (Å²) in [6.07, 6.45) is -4.10. The van der Waals surface area contributed by atoms with E-state index in [-0.39, 0.29) is 6.54 Å². The van der Waals surface area contributed by atoms with Gasteiger partial charge in [-0.1, -0.05) is 0 Å². The first-order chi connectivity index (χ1) is 8.02. The van der Waals surface area contributed by atoms with Gasteiger partial charge in [-0.15, -0.1) is 10.2 Å². The van der Waals surface area contributed by atoms with Gasteiger partial charge in [-0.3, -0.25) is 4.90 Å². The SMILES string of the molecule is N#CCCN1CCn2c(nnc2C(F)(F)F)C1. The second-order valence-electron chi connectivity index (χ2n) is 3.77. The van der Waals surface area contributed by atoms with Crippen LogP contribution in [0.5, 0.6) is 0 Å². The summed E-state index contributed by atoms with van der Waals surface area (Å²) in [4.78, 5) is 1.90. The molecule has 0 aliphatic carbocycles. The first-order valence-electron chi connectivity index (χ1n) is 5.11. The molecule has 8 heteroatoms. The molecule has 0 radical (unpaired) electrons. The van der Waals surface area contributed by atoms with E-state index in [1.807, 2.05) is 11.0 Å². The van der Waals surface area contributed by atoms with E-state index in [9.17, 15) is 13.2 Å². The Morgan fingerprint density at radius 2 is 2.06 bits per heavy atom. The van der Waals surface area contributed by atoms with E-state index >= 15 is 0 Å². The number of nitrogens with zero attached hydrogens (tertiary/aromatic N) is 5. The molecule has 1 aromatic rings. The van der Waals surface area contributed by atoms with E-state index in [1.165, 1.54) is 0 Å². The summed E-state index contributed by atoms with van der Waals surface area (Å²) in [5.41, 5.74) is 0. The van der Waals surface area contributed by atoms with E-state index in [2.05, 4.69) is 10.2 Å². The van der Waals surface area contributed by atoms with Gasteiger partial charge >= 0.3 is 6.18 Å². The average Bonchev–Trinajstić information content (AvgIpc) is 2.68. The van der Waals surface area contributed by atoms with Gasteiger partial charge in [0.2, 0.25) is 5.82 Å². The van der Waals surface area contributed by atoms with Crippen LogP contribution >= 0.6 is 0 Å². The molecule has 0 spiro atoms. The molecule has 2 rings (SSSR count). The van der Waals surface area contributed by atoms with Crippen molar-refractivity contribution >= 4 is 0 Å². The highest BCUT2D eigenvalue weighted by atomic mass is 19.4. The van der Waals surface area contributed by atoms with Crippen LogP contribution in [0.15, 0.2) is 0 Å². The van der Waals surface area contributed by atoms with Crippen molar-refractivity contribution in [3.8, 4) is 6.07 Å². The Kier molecular flexibility index (Phi) is 3.02. The lowest BCUT2D eigenvalue weighted by molar-refractivity contribution is -0.148. The number of hydrogen-bond donors (Lipinski definition) is 0. The lowest BCUT2D eigenvalue weighted by Crippen LogP contribution is -2.35. The fourth-order valence-electron chi connectivity index (χ4n) is 1.82. The van der Waals surface area contributed by atoms with Crippen molar-refractivity contribution in [3.05, 3.63) is 11.6 Å². The molecule has 0 atom stereocenters. The normalized spacial score (nSPS) is 16.6. The number of alkyl halides is 3. The lowest BCUT2D eigenvalue weighted by Gasteiger charge is -2.26. The lowest BCUT2D eigenvalue weighted by atomic mass is 10.3. The topological polar surface area (TPSA) is 57.7 Å². The summed E-state index contributed by atoms with van der Waals surface area (Å²) in [6.45, 7) is 1.55. The van der Waals surface area contributed by atoms with Crippen molar-refractivity contribution < 1.29 is 13.2 Å². The maximum Gasteiger partial charge on any atom is 0.451 e. The molecular formula is C9H10F3N5. The molecule has 0 N–H and O–H groups in total. The maximum absolute atomic E-state index is 12.5. The number of halogens is 3. The number of fused-ring (bicyclic) bond motifs is 1. The second-order valence-corrected chi connectivity index (χ2v) is 3.77. The third-order valence-corrected chi connectivity index (χ3v) is 2.63. The predicted molar refractivity (Wildman–Crippen MR) is 50.5 cm³/mol. The van der Waals surface area contributed by atoms with Crippen LogP contribution in [0.2, 0.25) is 0 Å². The van der Waals surface area contributed by atoms with Gasteiger partial charge < -0.3 is 4.57 Å². The Morgan fingerprint density at radius 1 is 1.29 bits per heavy atom. The van der Waals surface area contributed by atoms with Crippen molar-refractivity contribution in [2.75, 3.05) is 13.1 Å². The van der Waals surface area contributed by atoms with Crippen LogP contribution in [0, 0.1) is 11.3 Å². The molecular weight excluding hydrogens is 235 g/mol. The Balaban J connectivity index is 2.14. The Bertz CT molecular complexity index is 444. The van der Waals surface area contributed by atoms with Crippen LogP contribution < -0.4 is 0 Å². The standard InChI is InChI=1S/C9H10F3N5/c10-9(11,12)8-15-14-7-6-16(3-1-2-13)4-5-17(7)8/h1,3-6H2. The van der Waals surface area contributed by atoms with Crippen LogP contribution in [-0.2, 0) is 19.3 Å². The van der Waals surface area contributed by atoms with Gasteiger partial charge in [-0.25, -0.2) is 0 Å². The molecule has 0 saturated heterocycles. The van der Waals surface area contributed by atoms with E-state index in [4.69, 9.17) is 5.26 Å². The second kappa shape index (κ2) is 4.33. The summed E-state index contributed by atoms with van der Waals surface area (Å²) in [5, 5.41) is 15.2. The molecule has 1 aromatic heterocycles. The Hall–Kier alpha value is -1.62. The summed E-state index contributed by atoms with van der Waals surface area (Å²) < 4.78 is 38.7. The van der Waals surface area contributed by atoms with E-state index in [0.29, 0.717) is 31.9 Å². The fraction of sp³-hybridized carbons (Fsp3) is 0.667. The molecule has 1 aliphatic heterocycles. The van der Waals surface area contributed by atoms with E-state index in [1.54, 1.807) is 0 Å². The fourth-order valence-corrected chi connectivity index (χ4v) is 1.82. The molecule has 0 bridgehead atoms. The molecule has 0 unspecified atom stereocenters. The highest BCUT2D eigenvalue weighted by molar-refractivity contribution is 5.02. The van der Waals surface area contributed by atoms with Crippen molar-refractivity contribution in [1.82, 2.24) is 19.7 Å². The van der Waals surface area contributed by atoms with Crippen LogP contribution in [0.3, 0.4) is 0 Å². The van der Waals surface area contributed by atoms with Gasteiger partial charge in [-0.2, -0.15) is 18.4 Å². The quantitative estimate of drug-likeness (QED) is 0.780. The molecule has 0 amide bonds. The summed E-state index contributed by atoms with van der Waals surface area (Å²) in [6, 6.07) is 2.00. The van der Waals surface area contributed by atoms with Gasteiger partial charge in [0.1, 0.15) is 5.82 Å². The first-order valence-corrected chi connectivity index (χ1v) is 5.11. The minimum absolute atomic E-state index is 0.211. The summed E-state index contributed by atoms with van der Waals surface area (Å²) >= 11 is 0. The molecule has 0 saturated carbocycles. The number of nitriles is 1. The number of rotatable bonds is 2. The predicted octanol–water partition coefficient (Wildman–Crippen LogP) is 1.03. The smallest absolute Gasteiger partial charge is 0.305 e. The molecule has 1 aliphatic rings. The van der Waals surface area contributed by atoms with Crippen LogP contribution in [0.4, 0.5) is 13.2 Å². The first kappa shape index (κ1) is 11.9. The highest BCUT2D eigenvalue weighted by Crippen LogP contribution is 2.29.